The molecule has 0 radical (unpaired) electrons. The number of unbranched alkanes of at least 4 members (excludes halogenated alkanes) is 3. The molecule has 2 aromatic heterocycles. The van der Waals surface area contributed by atoms with Crippen LogP contribution in [0, 0.1) is 5.41 Å². The first-order valence-corrected chi connectivity index (χ1v) is 11.9. The maximum Gasteiger partial charge on any atom is 0.341 e. The van der Waals surface area contributed by atoms with Crippen molar-refractivity contribution in [1.29, 1.82) is 0 Å². The van der Waals surface area contributed by atoms with Gasteiger partial charge in [0.25, 0.3) is 0 Å². The molecular formula is C26H31N3O6. The van der Waals surface area contributed by atoms with Gasteiger partial charge in [-0.25, -0.2) is 4.79 Å². The number of rotatable bonds is 9. The largest absolute Gasteiger partial charge is 0.491 e. The van der Waals surface area contributed by atoms with Crippen LogP contribution in [-0.2, 0) is 11.3 Å². The number of benzene rings is 1. The van der Waals surface area contributed by atoms with Gasteiger partial charge >= 0.3 is 11.9 Å². The van der Waals surface area contributed by atoms with Gasteiger partial charge in [-0.1, -0.05) is 45.7 Å². The number of aromatic nitrogens is 3. The second-order valence-electron chi connectivity index (χ2n) is 10.1. The van der Waals surface area contributed by atoms with Gasteiger partial charge in [-0.05, 0) is 24.3 Å². The SMILES string of the molecule is CC(C)(C)[C@@H]1Cn2nc3c(OCCCCCCC(=O)O)cccc3c2-c2cc(=O)c(C(=O)O)cn21. The minimum Gasteiger partial charge on any atom is -0.491 e. The van der Waals surface area contributed by atoms with E-state index in [1.807, 2.05) is 27.4 Å². The number of carboxylic acids is 2. The number of hydrogen-bond donors (Lipinski definition) is 2. The van der Waals surface area contributed by atoms with Gasteiger partial charge in [-0.3, -0.25) is 14.3 Å². The number of nitrogens with zero attached hydrogens (tertiary/aromatic N) is 3. The molecule has 0 amide bonds. The van der Waals surface area contributed by atoms with Crippen molar-refractivity contribution >= 4 is 22.8 Å². The molecule has 9 nitrogen and oxygen atoms in total. The highest BCUT2D eigenvalue weighted by atomic mass is 16.5. The molecule has 0 bridgehead atoms. The first-order chi connectivity index (χ1) is 16.6. The summed E-state index contributed by atoms with van der Waals surface area (Å²) in [6, 6.07) is 6.99. The summed E-state index contributed by atoms with van der Waals surface area (Å²) in [5.41, 5.74) is 1.12. The highest BCUT2D eigenvalue weighted by molar-refractivity contribution is 5.96. The number of ether oxygens (including phenoxy) is 1. The van der Waals surface area contributed by atoms with Crippen LogP contribution < -0.4 is 10.2 Å². The molecule has 186 valence electrons. The lowest BCUT2D eigenvalue weighted by molar-refractivity contribution is -0.137. The first kappa shape index (κ1) is 24.5. The van der Waals surface area contributed by atoms with E-state index in [1.54, 1.807) is 0 Å². The Morgan fingerprint density at radius 2 is 1.89 bits per heavy atom. The van der Waals surface area contributed by atoms with Crippen LogP contribution in [0.5, 0.6) is 5.75 Å². The molecule has 0 spiro atoms. The number of carbonyl (C=O) groups is 2. The molecule has 35 heavy (non-hydrogen) atoms. The van der Waals surface area contributed by atoms with Gasteiger partial charge in [0.2, 0.25) is 0 Å². The van der Waals surface area contributed by atoms with Crippen LogP contribution in [0.1, 0.15) is 69.3 Å². The molecule has 0 saturated carbocycles. The Bertz CT molecular complexity index is 1330. The molecule has 9 heteroatoms. The van der Waals surface area contributed by atoms with Crippen molar-refractivity contribution in [3.8, 4) is 17.1 Å². The lowest BCUT2D eigenvalue weighted by atomic mass is 9.85. The Morgan fingerprint density at radius 1 is 1.14 bits per heavy atom. The number of pyridine rings is 1. The van der Waals surface area contributed by atoms with Crippen LogP contribution >= 0.6 is 0 Å². The first-order valence-electron chi connectivity index (χ1n) is 11.9. The van der Waals surface area contributed by atoms with Gasteiger partial charge in [0.1, 0.15) is 16.8 Å². The maximum absolute atomic E-state index is 12.6. The third kappa shape index (κ3) is 4.94. The molecule has 4 rings (SSSR count). The lowest BCUT2D eigenvalue weighted by Crippen LogP contribution is -2.35. The standard InChI is InChI=1S/C26H31N3O6/c1-26(2,3)21-15-29-24(18-13-19(30)17(25(33)34)14-28(18)21)16-9-8-10-20(23(16)27-29)35-12-7-5-4-6-11-22(31)32/h8-10,13-14,21H,4-7,11-12,15H2,1-3H3,(H,31,32)(H,33,34)/t21-/m0/s1. The number of carboxylic acid groups (broad SMARTS) is 2. The zero-order valence-electron chi connectivity index (χ0n) is 20.3. The van der Waals surface area contributed by atoms with Crippen molar-refractivity contribution in [1.82, 2.24) is 14.3 Å². The minimum atomic E-state index is -1.24. The van der Waals surface area contributed by atoms with E-state index in [4.69, 9.17) is 14.9 Å². The molecule has 1 aliphatic heterocycles. The van der Waals surface area contributed by atoms with Crippen LogP contribution in [0.15, 0.2) is 35.3 Å². The zero-order chi connectivity index (χ0) is 25.3. The van der Waals surface area contributed by atoms with Crippen LogP contribution in [0.25, 0.3) is 22.3 Å². The smallest absolute Gasteiger partial charge is 0.341 e. The Hall–Kier alpha value is -3.62. The summed E-state index contributed by atoms with van der Waals surface area (Å²) in [5, 5.41) is 23.9. The molecule has 0 fully saturated rings. The van der Waals surface area contributed by atoms with E-state index in [1.165, 1.54) is 12.3 Å². The quantitative estimate of drug-likeness (QED) is 0.429. The molecule has 0 unspecified atom stereocenters. The van der Waals surface area contributed by atoms with E-state index >= 15 is 0 Å². The van der Waals surface area contributed by atoms with Gasteiger partial charge in [-0.15, -0.1) is 0 Å². The molecule has 1 aromatic carbocycles. The van der Waals surface area contributed by atoms with E-state index in [0.29, 0.717) is 36.5 Å². The van der Waals surface area contributed by atoms with E-state index in [-0.39, 0.29) is 23.4 Å². The fourth-order valence-corrected chi connectivity index (χ4v) is 4.66. The fourth-order valence-electron chi connectivity index (χ4n) is 4.66. The Morgan fingerprint density at radius 3 is 2.57 bits per heavy atom. The number of aliphatic carboxylic acids is 1. The van der Waals surface area contributed by atoms with Crippen LogP contribution in [0.3, 0.4) is 0 Å². The van der Waals surface area contributed by atoms with Crippen molar-refractivity contribution in [2.75, 3.05) is 6.61 Å². The molecular weight excluding hydrogens is 450 g/mol. The second kappa shape index (κ2) is 9.56. The highest BCUT2D eigenvalue weighted by Crippen LogP contribution is 2.43. The summed E-state index contributed by atoms with van der Waals surface area (Å²) in [7, 11) is 0. The highest BCUT2D eigenvalue weighted by Gasteiger charge is 2.35. The molecule has 3 heterocycles. The summed E-state index contributed by atoms with van der Waals surface area (Å²) < 4.78 is 9.85. The minimum absolute atomic E-state index is 0.104. The Balaban J connectivity index is 1.66. The third-order valence-corrected chi connectivity index (χ3v) is 6.51. The molecule has 0 saturated heterocycles. The fraction of sp³-hybridized carbons (Fsp3) is 0.462. The molecule has 1 atom stereocenters. The van der Waals surface area contributed by atoms with Crippen molar-refractivity contribution < 1.29 is 24.5 Å². The Kier molecular flexibility index (Phi) is 6.69. The predicted molar refractivity (Wildman–Crippen MR) is 131 cm³/mol. The van der Waals surface area contributed by atoms with Gasteiger partial charge in [0.15, 0.2) is 5.43 Å². The predicted octanol–water partition coefficient (Wildman–Crippen LogP) is 4.58. The zero-order valence-corrected chi connectivity index (χ0v) is 20.3. The van der Waals surface area contributed by atoms with Crippen LogP contribution in [0.4, 0.5) is 0 Å². The molecule has 1 aliphatic rings. The van der Waals surface area contributed by atoms with Crippen molar-refractivity contribution in [2.45, 2.75) is 65.5 Å². The second-order valence-corrected chi connectivity index (χ2v) is 10.1. The van der Waals surface area contributed by atoms with Gasteiger partial charge < -0.3 is 19.5 Å². The van der Waals surface area contributed by atoms with E-state index in [0.717, 1.165) is 30.3 Å². The third-order valence-electron chi connectivity index (χ3n) is 6.51. The van der Waals surface area contributed by atoms with Crippen LogP contribution in [0.2, 0.25) is 0 Å². The van der Waals surface area contributed by atoms with Crippen molar-refractivity contribution in [2.24, 2.45) is 5.41 Å². The summed E-state index contributed by atoms with van der Waals surface area (Å²) in [5.74, 6) is -1.35. The summed E-state index contributed by atoms with van der Waals surface area (Å²) in [6.45, 7) is 7.28. The number of aromatic carboxylic acids is 1. The average molecular weight is 482 g/mol. The normalized spacial score (nSPS) is 15.0. The summed E-state index contributed by atoms with van der Waals surface area (Å²) in [6.07, 6.45) is 4.86. The van der Waals surface area contributed by atoms with Crippen molar-refractivity contribution in [3.63, 3.8) is 0 Å². The molecule has 2 N–H and O–H groups in total. The summed E-state index contributed by atoms with van der Waals surface area (Å²) >= 11 is 0. The number of hydrogen-bond acceptors (Lipinski definition) is 5. The maximum atomic E-state index is 12.6. The lowest BCUT2D eigenvalue weighted by Gasteiger charge is -2.38. The van der Waals surface area contributed by atoms with Gasteiger partial charge in [-0.2, -0.15) is 5.10 Å². The van der Waals surface area contributed by atoms with E-state index in [9.17, 15) is 19.5 Å². The topological polar surface area (TPSA) is 124 Å². The summed E-state index contributed by atoms with van der Waals surface area (Å²) in [4.78, 5) is 34.9. The molecule has 0 aliphatic carbocycles. The van der Waals surface area contributed by atoms with Crippen molar-refractivity contribution in [3.05, 3.63) is 46.2 Å². The van der Waals surface area contributed by atoms with E-state index < -0.39 is 17.4 Å². The Labute approximate surface area is 202 Å². The van der Waals surface area contributed by atoms with Gasteiger partial charge in [0.05, 0.1) is 30.6 Å². The van der Waals surface area contributed by atoms with Crippen LogP contribution in [-0.4, -0.2) is 43.1 Å². The monoisotopic (exact) mass is 481 g/mol. The van der Waals surface area contributed by atoms with Gasteiger partial charge in [0, 0.05) is 24.1 Å². The molecule has 3 aromatic rings. The number of fused-ring (bicyclic) bond motifs is 5. The van der Waals surface area contributed by atoms with E-state index in [2.05, 4.69) is 20.8 Å². The average Bonchev–Trinajstić information content (AvgIpc) is 3.16.